The van der Waals surface area contributed by atoms with Gasteiger partial charge in [0.2, 0.25) is 0 Å². The van der Waals surface area contributed by atoms with Gasteiger partial charge in [0, 0.05) is 12.4 Å². The molecule has 0 saturated carbocycles. The second-order valence-corrected chi connectivity index (χ2v) is 4.88. The molecular weight excluding hydrogens is 310 g/mol. The Hall–Kier alpha value is -1.89. The predicted octanol–water partition coefficient (Wildman–Crippen LogP) is 2.35. The lowest BCUT2D eigenvalue weighted by Crippen LogP contribution is -2.14. The number of hydrogen-bond donors (Lipinski definition) is 3. The minimum Gasteiger partial charge on any atom is -0.395 e. The molecule has 2 aromatic rings. The highest BCUT2D eigenvalue weighted by Crippen LogP contribution is 2.22. The molecule has 19 heavy (non-hydrogen) atoms. The fourth-order valence-corrected chi connectivity index (χ4v) is 2.01. The fourth-order valence-electron chi connectivity index (χ4n) is 1.66. The number of halogens is 1. The van der Waals surface area contributed by atoms with Gasteiger partial charge in [-0.05, 0) is 28.4 Å². The molecule has 0 radical (unpaired) electrons. The van der Waals surface area contributed by atoms with Gasteiger partial charge < -0.3 is 11.1 Å². The summed E-state index contributed by atoms with van der Waals surface area (Å²) in [6, 6.07) is 1.69. The molecular formula is C12H14BrN5O. The maximum Gasteiger partial charge on any atom is 0.278 e. The van der Waals surface area contributed by atoms with E-state index >= 15 is 0 Å². The smallest absolute Gasteiger partial charge is 0.278 e. The van der Waals surface area contributed by atoms with Crippen molar-refractivity contribution in [1.82, 2.24) is 15.2 Å². The zero-order valence-electron chi connectivity index (χ0n) is 10.4. The summed E-state index contributed by atoms with van der Waals surface area (Å²) in [6.07, 6.45) is 4.90. The van der Waals surface area contributed by atoms with Crippen molar-refractivity contribution in [2.45, 2.75) is 19.8 Å². The van der Waals surface area contributed by atoms with Gasteiger partial charge in [0.15, 0.2) is 5.69 Å². The minimum atomic E-state index is -0.344. The van der Waals surface area contributed by atoms with Gasteiger partial charge in [-0.2, -0.15) is 5.10 Å². The number of pyridine rings is 1. The highest BCUT2D eigenvalue weighted by atomic mass is 79.9. The highest BCUT2D eigenvalue weighted by Gasteiger charge is 2.17. The summed E-state index contributed by atoms with van der Waals surface area (Å²) in [4.78, 5) is 16.0. The van der Waals surface area contributed by atoms with Crippen LogP contribution in [0.2, 0.25) is 0 Å². The molecule has 0 bridgehead atoms. The van der Waals surface area contributed by atoms with Crippen LogP contribution >= 0.6 is 15.9 Å². The van der Waals surface area contributed by atoms with Crippen molar-refractivity contribution >= 4 is 33.2 Å². The number of aryl methyl sites for hydroxylation is 1. The number of carbonyl (C=O) groups is 1. The van der Waals surface area contributed by atoms with Crippen LogP contribution in [-0.4, -0.2) is 21.1 Å². The lowest BCUT2D eigenvalue weighted by molar-refractivity contribution is 0.102. The van der Waals surface area contributed by atoms with Crippen LogP contribution in [0.25, 0.3) is 0 Å². The predicted molar refractivity (Wildman–Crippen MR) is 76.9 cm³/mol. The van der Waals surface area contributed by atoms with Gasteiger partial charge in [-0.1, -0.05) is 13.3 Å². The number of H-pyrrole nitrogens is 1. The SMILES string of the molecule is CCCc1[nH]nc(C(=O)Nc2ccncc2Br)c1N. The zero-order chi connectivity index (χ0) is 13.8. The van der Waals surface area contributed by atoms with Crippen LogP contribution in [-0.2, 0) is 6.42 Å². The maximum atomic E-state index is 12.1. The van der Waals surface area contributed by atoms with E-state index in [-0.39, 0.29) is 11.6 Å². The molecule has 0 aromatic carbocycles. The molecule has 0 aliphatic carbocycles. The fraction of sp³-hybridized carbons (Fsp3) is 0.250. The Labute approximate surface area is 118 Å². The van der Waals surface area contributed by atoms with Gasteiger partial charge in [-0.15, -0.1) is 0 Å². The van der Waals surface area contributed by atoms with Gasteiger partial charge in [0.25, 0.3) is 5.91 Å². The summed E-state index contributed by atoms with van der Waals surface area (Å²) < 4.78 is 0.700. The first-order valence-corrected chi connectivity index (χ1v) is 6.66. The van der Waals surface area contributed by atoms with Crippen molar-refractivity contribution in [2.24, 2.45) is 0 Å². The zero-order valence-corrected chi connectivity index (χ0v) is 12.0. The molecule has 100 valence electrons. The Bertz CT molecular complexity index is 596. The first kappa shape index (κ1) is 13.5. The standard InChI is InChI=1S/C12H14BrN5O/c1-2-3-9-10(14)11(18-17-9)12(19)16-8-4-5-15-6-7(8)13/h4-6H,2-3,14H2,1H3,(H,17,18)(H,15,16,19). The Morgan fingerprint density at radius 2 is 2.37 bits per heavy atom. The average molecular weight is 324 g/mol. The van der Waals surface area contributed by atoms with Crippen LogP contribution < -0.4 is 11.1 Å². The molecule has 0 aliphatic rings. The largest absolute Gasteiger partial charge is 0.395 e. The summed E-state index contributed by atoms with van der Waals surface area (Å²) in [6.45, 7) is 2.04. The Morgan fingerprint density at radius 1 is 1.58 bits per heavy atom. The second kappa shape index (κ2) is 5.83. The van der Waals surface area contributed by atoms with E-state index in [1.807, 2.05) is 6.92 Å². The molecule has 4 N–H and O–H groups in total. The van der Waals surface area contributed by atoms with Crippen LogP contribution in [0.15, 0.2) is 22.9 Å². The first-order valence-electron chi connectivity index (χ1n) is 5.87. The van der Waals surface area contributed by atoms with Gasteiger partial charge in [-0.3, -0.25) is 14.9 Å². The number of aromatic amines is 1. The Balaban J connectivity index is 2.19. The number of nitrogens with zero attached hydrogens (tertiary/aromatic N) is 2. The number of nitrogens with two attached hydrogens (primary N) is 1. The van der Waals surface area contributed by atoms with Crippen molar-refractivity contribution in [3.8, 4) is 0 Å². The summed E-state index contributed by atoms with van der Waals surface area (Å²) in [5, 5.41) is 9.50. The molecule has 0 fully saturated rings. The molecule has 6 nitrogen and oxygen atoms in total. The topological polar surface area (TPSA) is 96.7 Å². The van der Waals surface area contributed by atoms with Crippen molar-refractivity contribution in [2.75, 3.05) is 11.1 Å². The summed E-state index contributed by atoms with van der Waals surface area (Å²) in [7, 11) is 0. The molecule has 2 aromatic heterocycles. The average Bonchev–Trinajstić information content (AvgIpc) is 2.75. The lowest BCUT2D eigenvalue weighted by Gasteiger charge is -2.05. The van der Waals surface area contributed by atoms with Crippen LogP contribution in [0.1, 0.15) is 29.5 Å². The molecule has 0 saturated heterocycles. The number of nitrogen functional groups attached to an aromatic ring is 1. The van der Waals surface area contributed by atoms with E-state index in [0.717, 1.165) is 18.5 Å². The van der Waals surface area contributed by atoms with Crippen molar-refractivity contribution in [1.29, 1.82) is 0 Å². The molecule has 0 unspecified atom stereocenters. The normalized spacial score (nSPS) is 10.4. The van der Waals surface area contributed by atoms with Crippen molar-refractivity contribution in [3.05, 3.63) is 34.3 Å². The quantitative estimate of drug-likeness (QED) is 0.804. The third kappa shape index (κ3) is 2.93. The highest BCUT2D eigenvalue weighted by molar-refractivity contribution is 9.10. The lowest BCUT2D eigenvalue weighted by atomic mass is 10.2. The molecule has 7 heteroatoms. The summed E-state index contributed by atoms with van der Waals surface area (Å²) in [5.74, 6) is -0.344. The third-order valence-corrected chi connectivity index (χ3v) is 3.25. The van der Waals surface area contributed by atoms with Crippen LogP contribution in [0, 0.1) is 0 Å². The van der Waals surface area contributed by atoms with Gasteiger partial charge in [-0.25, -0.2) is 0 Å². The van der Waals surface area contributed by atoms with E-state index in [4.69, 9.17) is 5.73 Å². The molecule has 1 amide bonds. The van der Waals surface area contributed by atoms with E-state index < -0.39 is 0 Å². The Morgan fingerprint density at radius 3 is 3.05 bits per heavy atom. The molecule has 0 spiro atoms. The number of carbonyl (C=O) groups excluding carboxylic acids is 1. The van der Waals surface area contributed by atoms with Gasteiger partial charge in [0.1, 0.15) is 0 Å². The van der Waals surface area contributed by atoms with E-state index in [0.29, 0.717) is 15.8 Å². The van der Waals surface area contributed by atoms with Crippen molar-refractivity contribution in [3.63, 3.8) is 0 Å². The third-order valence-electron chi connectivity index (χ3n) is 2.62. The van der Waals surface area contributed by atoms with E-state index in [2.05, 4.69) is 36.4 Å². The van der Waals surface area contributed by atoms with Crippen LogP contribution in [0.4, 0.5) is 11.4 Å². The van der Waals surface area contributed by atoms with Gasteiger partial charge in [0.05, 0.1) is 21.5 Å². The number of anilines is 2. The Kier molecular flexibility index (Phi) is 4.16. The number of amides is 1. The van der Waals surface area contributed by atoms with Gasteiger partial charge >= 0.3 is 0 Å². The molecule has 2 rings (SSSR count). The first-order chi connectivity index (χ1) is 9.13. The summed E-state index contributed by atoms with van der Waals surface area (Å²) >= 11 is 3.31. The molecule has 0 aliphatic heterocycles. The second-order valence-electron chi connectivity index (χ2n) is 4.02. The van der Waals surface area contributed by atoms with Crippen LogP contribution in [0.3, 0.4) is 0 Å². The minimum absolute atomic E-state index is 0.215. The van der Waals surface area contributed by atoms with Crippen LogP contribution in [0.5, 0.6) is 0 Å². The number of aromatic nitrogens is 3. The summed E-state index contributed by atoms with van der Waals surface area (Å²) in [5.41, 5.74) is 7.94. The molecule has 0 atom stereocenters. The maximum absolute atomic E-state index is 12.1. The van der Waals surface area contributed by atoms with E-state index in [9.17, 15) is 4.79 Å². The molecule has 2 heterocycles. The number of nitrogens with one attached hydrogen (secondary N) is 2. The number of hydrogen-bond acceptors (Lipinski definition) is 4. The van der Waals surface area contributed by atoms with E-state index in [1.54, 1.807) is 18.5 Å². The monoisotopic (exact) mass is 323 g/mol. The van der Waals surface area contributed by atoms with Crippen molar-refractivity contribution < 1.29 is 4.79 Å². The van der Waals surface area contributed by atoms with E-state index in [1.165, 1.54) is 0 Å². The number of rotatable bonds is 4.